The predicted molar refractivity (Wildman–Crippen MR) is 62.8 cm³/mol. The summed E-state index contributed by atoms with van der Waals surface area (Å²) in [6.07, 6.45) is 5.09. The van der Waals surface area contributed by atoms with Gasteiger partial charge in [0, 0.05) is 25.5 Å². The number of aromatic nitrogens is 1. The van der Waals surface area contributed by atoms with Gasteiger partial charge in [0.25, 0.3) is 0 Å². The van der Waals surface area contributed by atoms with Crippen LogP contribution in [0.1, 0.15) is 18.4 Å². The molecule has 1 aromatic heterocycles. The van der Waals surface area contributed by atoms with Crippen LogP contribution in [0, 0.1) is 0 Å². The van der Waals surface area contributed by atoms with Crippen molar-refractivity contribution in [1.82, 2.24) is 10.3 Å². The van der Waals surface area contributed by atoms with Gasteiger partial charge in [0.1, 0.15) is 0 Å². The van der Waals surface area contributed by atoms with Gasteiger partial charge < -0.3 is 5.32 Å². The van der Waals surface area contributed by atoms with E-state index in [2.05, 4.69) is 10.3 Å². The summed E-state index contributed by atoms with van der Waals surface area (Å²) < 4.78 is 23.1. The maximum Gasteiger partial charge on any atom is 0.154 e. The molecule has 1 aromatic rings. The fourth-order valence-electron chi connectivity index (χ4n) is 1.97. The number of nitrogens with zero attached hydrogens (tertiary/aromatic N) is 1. The zero-order valence-electron chi connectivity index (χ0n) is 9.09. The number of nitrogens with one attached hydrogen (secondary N) is 1. The van der Waals surface area contributed by atoms with Gasteiger partial charge in [-0.05, 0) is 30.5 Å². The van der Waals surface area contributed by atoms with E-state index in [9.17, 15) is 8.42 Å². The first kappa shape index (κ1) is 11.5. The molecule has 0 spiro atoms. The second-order valence-electron chi connectivity index (χ2n) is 4.12. The SMILES string of the molecule is O=S1(=O)CCCC1CNCc1ccncc1. The fraction of sp³-hybridized carbons (Fsp3) is 0.545. The molecule has 5 heteroatoms. The molecule has 16 heavy (non-hydrogen) atoms. The Kier molecular flexibility index (Phi) is 3.56. The molecule has 1 atom stereocenters. The average molecular weight is 240 g/mol. The zero-order valence-corrected chi connectivity index (χ0v) is 9.91. The van der Waals surface area contributed by atoms with Crippen LogP contribution in [-0.4, -0.2) is 30.9 Å². The first-order valence-corrected chi connectivity index (χ1v) is 7.21. The van der Waals surface area contributed by atoms with E-state index in [0.29, 0.717) is 18.8 Å². The molecule has 1 saturated heterocycles. The Morgan fingerprint density at radius 3 is 2.75 bits per heavy atom. The third-order valence-electron chi connectivity index (χ3n) is 2.91. The highest BCUT2D eigenvalue weighted by Crippen LogP contribution is 2.19. The minimum absolute atomic E-state index is 0.186. The molecule has 0 aromatic carbocycles. The Morgan fingerprint density at radius 1 is 1.38 bits per heavy atom. The Hall–Kier alpha value is -0.940. The van der Waals surface area contributed by atoms with Crippen molar-refractivity contribution in [2.45, 2.75) is 24.6 Å². The molecule has 0 saturated carbocycles. The van der Waals surface area contributed by atoms with Crippen LogP contribution in [0.15, 0.2) is 24.5 Å². The molecule has 4 nitrogen and oxygen atoms in total. The first-order chi connectivity index (χ1) is 7.68. The number of rotatable bonds is 4. The smallest absolute Gasteiger partial charge is 0.154 e. The van der Waals surface area contributed by atoms with Crippen molar-refractivity contribution in [1.29, 1.82) is 0 Å². The zero-order chi connectivity index (χ0) is 11.4. The van der Waals surface area contributed by atoms with Gasteiger partial charge in [0.15, 0.2) is 9.84 Å². The molecule has 0 bridgehead atoms. The Bertz CT molecular complexity index is 431. The van der Waals surface area contributed by atoms with E-state index in [-0.39, 0.29) is 5.25 Å². The molecule has 88 valence electrons. The molecule has 0 radical (unpaired) electrons. The summed E-state index contributed by atoms with van der Waals surface area (Å²) in [6, 6.07) is 3.85. The summed E-state index contributed by atoms with van der Waals surface area (Å²) in [5.41, 5.74) is 1.13. The van der Waals surface area contributed by atoms with Crippen LogP contribution in [0.4, 0.5) is 0 Å². The van der Waals surface area contributed by atoms with Gasteiger partial charge in [-0.3, -0.25) is 4.98 Å². The summed E-state index contributed by atoms with van der Waals surface area (Å²) in [4.78, 5) is 3.93. The highest BCUT2D eigenvalue weighted by molar-refractivity contribution is 7.92. The van der Waals surface area contributed by atoms with Crippen LogP contribution in [0.2, 0.25) is 0 Å². The van der Waals surface area contributed by atoms with Crippen molar-refractivity contribution in [3.8, 4) is 0 Å². The Labute approximate surface area is 96.0 Å². The summed E-state index contributed by atoms with van der Waals surface area (Å²) >= 11 is 0. The molecule has 0 aliphatic carbocycles. The molecule has 1 fully saturated rings. The molecule has 2 rings (SSSR count). The molecule has 0 amide bonds. The second-order valence-corrected chi connectivity index (χ2v) is 6.52. The van der Waals surface area contributed by atoms with Crippen LogP contribution in [0.3, 0.4) is 0 Å². The van der Waals surface area contributed by atoms with Crippen LogP contribution in [0.25, 0.3) is 0 Å². The van der Waals surface area contributed by atoms with Crippen LogP contribution in [-0.2, 0) is 16.4 Å². The third kappa shape index (κ3) is 2.80. The summed E-state index contributed by atoms with van der Waals surface area (Å²) in [5.74, 6) is 0.356. The maximum atomic E-state index is 11.6. The largest absolute Gasteiger partial charge is 0.311 e. The van der Waals surface area contributed by atoms with Gasteiger partial charge in [-0.1, -0.05) is 0 Å². The van der Waals surface area contributed by atoms with Gasteiger partial charge >= 0.3 is 0 Å². The van der Waals surface area contributed by atoms with Gasteiger partial charge in [-0.15, -0.1) is 0 Å². The monoisotopic (exact) mass is 240 g/mol. The molecule has 2 heterocycles. The summed E-state index contributed by atoms with van der Waals surface area (Å²) in [5, 5.41) is 3.01. The lowest BCUT2D eigenvalue weighted by molar-refractivity contribution is 0.574. The van der Waals surface area contributed by atoms with Gasteiger partial charge in [0.05, 0.1) is 11.0 Å². The number of pyridine rings is 1. The highest BCUT2D eigenvalue weighted by atomic mass is 32.2. The van der Waals surface area contributed by atoms with E-state index < -0.39 is 9.84 Å². The predicted octanol–water partition coefficient (Wildman–Crippen LogP) is 0.748. The standard InChI is InChI=1S/C11H16N2O2S/c14-16(15)7-1-2-11(16)9-13-8-10-3-5-12-6-4-10/h3-6,11,13H,1-2,7-9H2. The van der Waals surface area contributed by atoms with Crippen LogP contribution < -0.4 is 5.32 Å². The van der Waals surface area contributed by atoms with Crippen molar-refractivity contribution in [3.05, 3.63) is 30.1 Å². The third-order valence-corrected chi connectivity index (χ3v) is 5.19. The van der Waals surface area contributed by atoms with Crippen molar-refractivity contribution < 1.29 is 8.42 Å². The van der Waals surface area contributed by atoms with E-state index in [1.54, 1.807) is 12.4 Å². The van der Waals surface area contributed by atoms with Crippen LogP contribution in [0.5, 0.6) is 0 Å². The van der Waals surface area contributed by atoms with Crippen molar-refractivity contribution in [3.63, 3.8) is 0 Å². The number of sulfone groups is 1. The van der Waals surface area contributed by atoms with Crippen molar-refractivity contribution in [2.24, 2.45) is 0 Å². The minimum Gasteiger partial charge on any atom is -0.311 e. The number of hydrogen-bond acceptors (Lipinski definition) is 4. The normalized spacial score (nSPS) is 23.4. The van der Waals surface area contributed by atoms with Crippen LogP contribution >= 0.6 is 0 Å². The van der Waals surface area contributed by atoms with Gasteiger partial charge in [0.2, 0.25) is 0 Å². The Balaban J connectivity index is 1.81. The summed E-state index contributed by atoms with van der Waals surface area (Å²) in [7, 11) is -2.82. The topological polar surface area (TPSA) is 59.1 Å². The van der Waals surface area contributed by atoms with E-state index in [0.717, 1.165) is 18.4 Å². The highest BCUT2D eigenvalue weighted by Gasteiger charge is 2.30. The molecule has 1 aliphatic rings. The summed E-state index contributed by atoms with van der Waals surface area (Å²) in [6.45, 7) is 1.26. The van der Waals surface area contributed by atoms with E-state index in [1.165, 1.54) is 0 Å². The lowest BCUT2D eigenvalue weighted by atomic mass is 10.2. The molecular weight excluding hydrogens is 224 g/mol. The molecule has 1 N–H and O–H groups in total. The Morgan fingerprint density at radius 2 is 2.12 bits per heavy atom. The van der Waals surface area contributed by atoms with Gasteiger partial charge in [-0.2, -0.15) is 0 Å². The quantitative estimate of drug-likeness (QED) is 0.843. The van der Waals surface area contributed by atoms with Crippen molar-refractivity contribution in [2.75, 3.05) is 12.3 Å². The minimum atomic E-state index is -2.82. The van der Waals surface area contributed by atoms with E-state index >= 15 is 0 Å². The fourth-order valence-corrected chi connectivity index (χ4v) is 3.77. The average Bonchev–Trinajstić information content (AvgIpc) is 2.60. The number of hydrogen-bond donors (Lipinski definition) is 1. The maximum absolute atomic E-state index is 11.6. The van der Waals surface area contributed by atoms with E-state index in [1.807, 2.05) is 12.1 Å². The second kappa shape index (κ2) is 4.93. The van der Waals surface area contributed by atoms with Crippen molar-refractivity contribution >= 4 is 9.84 Å². The van der Waals surface area contributed by atoms with E-state index in [4.69, 9.17) is 0 Å². The molecule has 1 aliphatic heterocycles. The van der Waals surface area contributed by atoms with Gasteiger partial charge in [-0.25, -0.2) is 8.42 Å². The molecule has 1 unspecified atom stereocenters. The lowest BCUT2D eigenvalue weighted by Crippen LogP contribution is -2.30. The first-order valence-electron chi connectivity index (χ1n) is 5.50. The lowest BCUT2D eigenvalue weighted by Gasteiger charge is -2.10. The molecular formula is C11H16N2O2S.